The maximum Gasteiger partial charge on any atom is 0.309 e. The van der Waals surface area contributed by atoms with E-state index in [2.05, 4.69) is 13.8 Å². The summed E-state index contributed by atoms with van der Waals surface area (Å²) in [5.74, 6) is 0.407. The quantitative estimate of drug-likeness (QED) is 0.578. The molecular formula is C20H30O5. The number of hydrogen-bond donors (Lipinski definition) is 0. The Morgan fingerprint density at radius 1 is 1.36 bits per heavy atom. The molecule has 2 saturated heterocycles. The van der Waals surface area contributed by atoms with Crippen LogP contribution >= 0.6 is 0 Å². The molecular weight excluding hydrogens is 320 g/mol. The van der Waals surface area contributed by atoms with Crippen LogP contribution in [0.25, 0.3) is 0 Å². The van der Waals surface area contributed by atoms with Crippen molar-refractivity contribution >= 4 is 11.9 Å². The first kappa shape index (κ1) is 17.3. The molecule has 25 heavy (non-hydrogen) atoms. The van der Waals surface area contributed by atoms with E-state index in [4.69, 9.17) is 14.2 Å². The van der Waals surface area contributed by atoms with Crippen LogP contribution in [0, 0.1) is 29.6 Å². The molecule has 5 heteroatoms. The van der Waals surface area contributed by atoms with Crippen molar-refractivity contribution in [3.05, 3.63) is 0 Å². The largest absolute Gasteiger partial charge is 0.462 e. The topological polar surface area (TPSA) is 65.1 Å². The van der Waals surface area contributed by atoms with Crippen molar-refractivity contribution in [1.29, 1.82) is 0 Å². The van der Waals surface area contributed by atoms with E-state index in [0.717, 1.165) is 25.7 Å². The summed E-state index contributed by atoms with van der Waals surface area (Å²) in [4.78, 5) is 24.4. The first-order valence-corrected chi connectivity index (χ1v) is 9.83. The molecule has 9 atom stereocenters. The highest BCUT2D eigenvalue weighted by molar-refractivity contribution is 5.75. The fourth-order valence-corrected chi connectivity index (χ4v) is 5.82. The molecule has 2 heterocycles. The molecule has 2 saturated carbocycles. The molecule has 140 valence electrons. The molecule has 0 aromatic heterocycles. The molecule has 4 rings (SSSR count). The molecule has 0 radical (unpaired) electrons. The maximum atomic E-state index is 12.4. The fourth-order valence-electron chi connectivity index (χ4n) is 5.82. The molecule has 0 aromatic rings. The van der Waals surface area contributed by atoms with Gasteiger partial charge in [-0.05, 0) is 32.1 Å². The first-order chi connectivity index (χ1) is 11.7. The molecule has 4 aliphatic rings. The van der Waals surface area contributed by atoms with Gasteiger partial charge in [-0.1, -0.05) is 27.7 Å². The van der Waals surface area contributed by atoms with Gasteiger partial charge in [0, 0.05) is 18.3 Å². The lowest BCUT2D eigenvalue weighted by Gasteiger charge is -2.31. The van der Waals surface area contributed by atoms with Crippen LogP contribution in [0.3, 0.4) is 0 Å². The van der Waals surface area contributed by atoms with Crippen molar-refractivity contribution < 1.29 is 23.8 Å². The number of carbonyl (C=O) groups excluding carboxylic acids is 2. The van der Waals surface area contributed by atoms with Crippen LogP contribution in [0.4, 0.5) is 0 Å². The van der Waals surface area contributed by atoms with Gasteiger partial charge in [0.15, 0.2) is 0 Å². The van der Waals surface area contributed by atoms with Crippen LogP contribution in [0.15, 0.2) is 0 Å². The molecule has 5 nitrogen and oxygen atoms in total. The second kappa shape index (κ2) is 5.45. The third-order valence-corrected chi connectivity index (χ3v) is 7.59. The molecule has 0 bridgehead atoms. The summed E-state index contributed by atoms with van der Waals surface area (Å²) in [6.07, 6.45) is 3.14. The van der Waals surface area contributed by atoms with Gasteiger partial charge in [-0.2, -0.15) is 0 Å². The minimum Gasteiger partial charge on any atom is -0.462 e. The van der Waals surface area contributed by atoms with Gasteiger partial charge >= 0.3 is 11.9 Å². The third kappa shape index (κ3) is 2.30. The minimum absolute atomic E-state index is 0.0168. The number of carbonyl (C=O) groups is 2. The van der Waals surface area contributed by atoms with E-state index in [1.165, 1.54) is 0 Å². The highest BCUT2D eigenvalue weighted by Crippen LogP contribution is 2.69. The highest BCUT2D eigenvalue weighted by atomic mass is 16.6. The van der Waals surface area contributed by atoms with Gasteiger partial charge in [0.1, 0.15) is 17.8 Å². The van der Waals surface area contributed by atoms with Gasteiger partial charge in [0.05, 0.1) is 17.4 Å². The van der Waals surface area contributed by atoms with Gasteiger partial charge in [-0.3, -0.25) is 9.59 Å². The van der Waals surface area contributed by atoms with Crippen LogP contribution in [-0.4, -0.2) is 35.3 Å². The summed E-state index contributed by atoms with van der Waals surface area (Å²) < 4.78 is 17.9. The molecule has 1 spiro atoms. The molecule has 0 N–H and O–H groups in total. The fraction of sp³-hybridized carbons (Fsp3) is 0.900. The molecule has 0 aromatic carbocycles. The number of epoxide rings is 1. The summed E-state index contributed by atoms with van der Waals surface area (Å²) in [7, 11) is 0. The molecule has 2 aliphatic carbocycles. The summed E-state index contributed by atoms with van der Waals surface area (Å²) >= 11 is 0. The van der Waals surface area contributed by atoms with E-state index in [-0.39, 0.29) is 59.0 Å². The van der Waals surface area contributed by atoms with Crippen molar-refractivity contribution in [3.63, 3.8) is 0 Å². The monoisotopic (exact) mass is 350 g/mol. The Hall–Kier alpha value is -1.10. The van der Waals surface area contributed by atoms with Crippen LogP contribution < -0.4 is 0 Å². The summed E-state index contributed by atoms with van der Waals surface area (Å²) in [6, 6.07) is 0. The van der Waals surface area contributed by atoms with E-state index >= 15 is 0 Å². The number of rotatable bonds is 3. The van der Waals surface area contributed by atoms with Crippen molar-refractivity contribution in [2.75, 3.05) is 0 Å². The van der Waals surface area contributed by atoms with Gasteiger partial charge in [-0.15, -0.1) is 0 Å². The Morgan fingerprint density at radius 3 is 2.76 bits per heavy atom. The number of fused-ring (bicyclic) bond motifs is 1. The smallest absolute Gasteiger partial charge is 0.309 e. The van der Waals surface area contributed by atoms with Gasteiger partial charge in [-0.25, -0.2) is 0 Å². The summed E-state index contributed by atoms with van der Waals surface area (Å²) in [5.41, 5.74) is -0.485. The van der Waals surface area contributed by atoms with Gasteiger partial charge < -0.3 is 14.2 Å². The number of hydrogen-bond acceptors (Lipinski definition) is 5. The van der Waals surface area contributed by atoms with Gasteiger partial charge in [0.25, 0.3) is 0 Å². The zero-order valence-corrected chi connectivity index (χ0v) is 15.9. The zero-order valence-electron chi connectivity index (χ0n) is 15.9. The molecule has 9 unspecified atom stereocenters. The Bertz CT molecular complexity index is 603. The van der Waals surface area contributed by atoms with Crippen molar-refractivity contribution in [1.82, 2.24) is 0 Å². The second-order valence-corrected chi connectivity index (χ2v) is 9.08. The number of ether oxygens (including phenoxy) is 3. The van der Waals surface area contributed by atoms with Crippen LogP contribution in [0.2, 0.25) is 0 Å². The SMILES string of the molecule is CCC(C)C(=O)OC1CC2(C)OC23CC2C(CC(C)C13)OC(=O)C2C. The lowest BCUT2D eigenvalue weighted by atomic mass is 9.77. The summed E-state index contributed by atoms with van der Waals surface area (Å²) in [6.45, 7) is 10.3. The Labute approximate surface area is 149 Å². The van der Waals surface area contributed by atoms with Crippen molar-refractivity contribution in [2.45, 2.75) is 83.7 Å². The Kier molecular flexibility index (Phi) is 3.77. The molecule has 2 aliphatic heterocycles. The van der Waals surface area contributed by atoms with E-state index in [1.54, 1.807) is 0 Å². The van der Waals surface area contributed by atoms with Crippen LogP contribution in [0.5, 0.6) is 0 Å². The predicted molar refractivity (Wildman–Crippen MR) is 90.6 cm³/mol. The van der Waals surface area contributed by atoms with Crippen LogP contribution in [0.1, 0.15) is 60.3 Å². The van der Waals surface area contributed by atoms with E-state index in [1.807, 2.05) is 20.8 Å². The maximum absolute atomic E-state index is 12.4. The third-order valence-electron chi connectivity index (χ3n) is 7.59. The average Bonchev–Trinajstić information content (AvgIpc) is 2.98. The Morgan fingerprint density at radius 2 is 2.08 bits per heavy atom. The van der Waals surface area contributed by atoms with Crippen LogP contribution in [-0.2, 0) is 23.8 Å². The predicted octanol–water partition coefficient (Wildman–Crippen LogP) is 3.10. The standard InChI is InChI=1S/C20H30O5/c1-6-10(2)17(21)24-15-9-19(5)20(25-19)8-13-12(4)18(22)23-14(13)7-11(3)16(15)20/h10-16H,6-9H2,1-5H3. The van der Waals surface area contributed by atoms with E-state index in [0.29, 0.717) is 5.92 Å². The molecule has 0 amide bonds. The van der Waals surface area contributed by atoms with Crippen molar-refractivity contribution in [3.8, 4) is 0 Å². The average molecular weight is 350 g/mol. The number of esters is 2. The lowest BCUT2D eigenvalue weighted by molar-refractivity contribution is -0.159. The summed E-state index contributed by atoms with van der Waals surface area (Å²) in [5, 5.41) is 0. The Balaban J connectivity index is 1.60. The van der Waals surface area contributed by atoms with Gasteiger partial charge in [0.2, 0.25) is 0 Å². The normalized spacial score (nSPS) is 51.6. The first-order valence-electron chi connectivity index (χ1n) is 9.83. The molecule has 4 fully saturated rings. The zero-order chi connectivity index (χ0) is 18.1. The second-order valence-electron chi connectivity index (χ2n) is 9.08. The lowest BCUT2D eigenvalue weighted by Crippen LogP contribution is -2.38. The van der Waals surface area contributed by atoms with Crippen molar-refractivity contribution in [2.24, 2.45) is 29.6 Å². The van der Waals surface area contributed by atoms with E-state index in [9.17, 15) is 9.59 Å². The minimum atomic E-state index is -0.255. The highest BCUT2D eigenvalue weighted by Gasteiger charge is 2.80. The van der Waals surface area contributed by atoms with E-state index < -0.39 is 0 Å².